The summed E-state index contributed by atoms with van der Waals surface area (Å²) >= 11 is 0. The molecule has 23 heavy (non-hydrogen) atoms. The minimum atomic E-state index is 0.166. The van der Waals surface area contributed by atoms with Gasteiger partial charge in [-0.05, 0) is 62.6 Å². The summed E-state index contributed by atoms with van der Waals surface area (Å²) in [7, 11) is 0. The molecular weight excluding hydrogens is 284 g/mol. The van der Waals surface area contributed by atoms with E-state index in [1.54, 1.807) is 0 Å². The van der Waals surface area contributed by atoms with Crippen molar-refractivity contribution < 1.29 is 4.79 Å². The normalized spacial score (nSPS) is 16.5. The van der Waals surface area contributed by atoms with Gasteiger partial charge in [-0.15, -0.1) is 0 Å². The number of piperidine rings is 1. The number of nitrogens with one attached hydrogen (secondary N) is 1. The van der Waals surface area contributed by atoms with Gasteiger partial charge in [0.2, 0.25) is 0 Å². The summed E-state index contributed by atoms with van der Waals surface area (Å²) in [6, 6.07) is 6.32. The Kier molecular flexibility index (Phi) is 4.47. The summed E-state index contributed by atoms with van der Waals surface area (Å²) in [6.07, 6.45) is 3.57. The molecule has 2 heterocycles. The van der Waals surface area contributed by atoms with E-state index in [-0.39, 0.29) is 5.91 Å². The Hall–Kier alpha value is -1.77. The zero-order chi connectivity index (χ0) is 16.6. The maximum absolute atomic E-state index is 12.9. The zero-order valence-corrected chi connectivity index (χ0v) is 14.8. The van der Waals surface area contributed by atoms with Gasteiger partial charge in [0.25, 0.3) is 5.91 Å². The Morgan fingerprint density at radius 1 is 1.26 bits per heavy atom. The number of aromatic nitrogens is 1. The van der Waals surface area contributed by atoms with Crippen molar-refractivity contribution in [2.24, 2.45) is 11.8 Å². The topological polar surface area (TPSA) is 36.1 Å². The van der Waals surface area contributed by atoms with Gasteiger partial charge in [-0.25, -0.2) is 0 Å². The van der Waals surface area contributed by atoms with Crippen LogP contribution in [0.15, 0.2) is 18.2 Å². The third kappa shape index (κ3) is 3.29. The van der Waals surface area contributed by atoms with Crippen LogP contribution in [0.4, 0.5) is 0 Å². The molecule has 1 fully saturated rings. The first-order valence-corrected chi connectivity index (χ1v) is 8.84. The van der Waals surface area contributed by atoms with Crippen molar-refractivity contribution in [3.05, 3.63) is 35.0 Å². The number of amides is 1. The number of aryl methyl sites for hydroxylation is 2. The lowest BCUT2D eigenvalue weighted by molar-refractivity contribution is 0.0675. The number of hydrogen-bond acceptors (Lipinski definition) is 1. The van der Waals surface area contributed by atoms with Gasteiger partial charge < -0.3 is 9.88 Å². The molecule has 0 radical (unpaired) electrons. The van der Waals surface area contributed by atoms with Crippen LogP contribution in [0.5, 0.6) is 0 Å². The summed E-state index contributed by atoms with van der Waals surface area (Å²) in [5.41, 5.74) is 4.14. The minimum Gasteiger partial charge on any atom is -0.350 e. The first-order chi connectivity index (χ1) is 11.0. The Bertz CT molecular complexity index is 706. The number of aromatic amines is 1. The fraction of sp³-hybridized carbons (Fsp3) is 0.550. The Balaban J connectivity index is 1.75. The molecule has 124 valence electrons. The molecule has 1 aliphatic heterocycles. The molecule has 1 aromatic carbocycles. The predicted octanol–water partition coefficient (Wildman–Crippen LogP) is 4.68. The van der Waals surface area contributed by atoms with Crippen molar-refractivity contribution in [1.29, 1.82) is 0 Å². The van der Waals surface area contributed by atoms with Crippen molar-refractivity contribution in [2.45, 2.75) is 47.0 Å². The Morgan fingerprint density at radius 3 is 2.61 bits per heavy atom. The SMILES string of the molecule is Cc1ccc2[nH]c(C(=O)N3CCC(CC(C)C)CC3)c(C)c2c1. The number of likely N-dealkylation sites (tertiary alicyclic amines) is 1. The van der Waals surface area contributed by atoms with Crippen LogP contribution in [0.1, 0.15) is 54.7 Å². The highest BCUT2D eigenvalue weighted by Gasteiger charge is 2.26. The molecule has 0 spiro atoms. The number of carbonyl (C=O) groups is 1. The first-order valence-electron chi connectivity index (χ1n) is 8.84. The number of rotatable bonds is 3. The van der Waals surface area contributed by atoms with Crippen LogP contribution in [0.3, 0.4) is 0 Å². The second kappa shape index (κ2) is 6.38. The number of H-pyrrole nitrogens is 1. The van der Waals surface area contributed by atoms with Gasteiger partial charge in [-0.3, -0.25) is 4.79 Å². The molecule has 0 aliphatic carbocycles. The van der Waals surface area contributed by atoms with Crippen LogP contribution in [0, 0.1) is 25.7 Å². The number of benzene rings is 1. The highest BCUT2D eigenvalue weighted by molar-refractivity contribution is 6.01. The maximum Gasteiger partial charge on any atom is 0.270 e. The lowest BCUT2D eigenvalue weighted by Crippen LogP contribution is -2.39. The van der Waals surface area contributed by atoms with Gasteiger partial charge in [0.1, 0.15) is 5.69 Å². The van der Waals surface area contributed by atoms with E-state index in [2.05, 4.69) is 50.9 Å². The lowest BCUT2D eigenvalue weighted by Gasteiger charge is -2.32. The Morgan fingerprint density at radius 2 is 1.96 bits per heavy atom. The van der Waals surface area contributed by atoms with E-state index in [4.69, 9.17) is 0 Å². The number of fused-ring (bicyclic) bond motifs is 1. The maximum atomic E-state index is 12.9. The fourth-order valence-electron chi connectivity index (χ4n) is 3.85. The summed E-state index contributed by atoms with van der Waals surface area (Å²) < 4.78 is 0. The largest absolute Gasteiger partial charge is 0.350 e. The summed E-state index contributed by atoms with van der Waals surface area (Å²) in [4.78, 5) is 18.3. The molecule has 0 saturated carbocycles. The van der Waals surface area contributed by atoms with E-state index in [1.165, 1.54) is 17.4 Å². The van der Waals surface area contributed by atoms with Crippen LogP contribution in [0.25, 0.3) is 10.9 Å². The summed E-state index contributed by atoms with van der Waals surface area (Å²) in [5, 5.41) is 1.17. The van der Waals surface area contributed by atoms with Gasteiger partial charge in [-0.2, -0.15) is 0 Å². The predicted molar refractivity (Wildman–Crippen MR) is 95.9 cm³/mol. The van der Waals surface area contributed by atoms with Gasteiger partial charge in [0.05, 0.1) is 0 Å². The van der Waals surface area contributed by atoms with E-state index in [0.29, 0.717) is 0 Å². The molecule has 0 bridgehead atoms. The molecule has 3 nitrogen and oxygen atoms in total. The van der Waals surface area contributed by atoms with Gasteiger partial charge in [0, 0.05) is 24.0 Å². The smallest absolute Gasteiger partial charge is 0.270 e. The minimum absolute atomic E-state index is 0.166. The molecule has 0 unspecified atom stereocenters. The second-order valence-electron chi connectivity index (χ2n) is 7.54. The molecule has 3 heteroatoms. The van der Waals surface area contributed by atoms with Crippen molar-refractivity contribution >= 4 is 16.8 Å². The molecule has 1 saturated heterocycles. The van der Waals surface area contributed by atoms with Crippen LogP contribution in [0.2, 0.25) is 0 Å². The van der Waals surface area contributed by atoms with Crippen LogP contribution in [-0.4, -0.2) is 28.9 Å². The van der Waals surface area contributed by atoms with Crippen molar-refractivity contribution in [3.8, 4) is 0 Å². The van der Waals surface area contributed by atoms with E-state index in [0.717, 1.165) is 54.5 Å². The second-order valence-corrected chi connectivity index (χ2v) is 7.54. The molecule has 1 amide bonds. The quantitative estimate of drug-likeness (QED) is 0.877. The number of carbonyl (C=O) groups excluding carboxylic acids is 1. The zero-order valence-electron chi connectivity index (χ0n) is 14.8. The molecular formula is C20H28N2O. The monoisotopic (exact) mass is 312 g/mol. The van der Waals surface area contributed by atoms with Crippen LogP contribution < -0.4 is 0 Å². The third-order valence-corrected chi connectivity index (χ3v) is 5.13. The van der Waals surface area contributed by atoms with Crippen molar-refractivity contribution in [1.82, 2.24) is 9.88 Å². The van der Waals surface area contributed by atoms with E-state index >= 15 is 0 Å². The summed E-state index contributed by atoms with van der Waals surface area (Å²) in [6.45, 7) is 10.5. The van der Waals surface area contributed by atoms with Crippen LogP contribution in [-0.2, 0) is 0 Å². The number of nitrogens with zero attached hydrogens (tertiary/aromatic N) is 1. The lowest BCUT2D eigenvalue weighted by atomic mass is 9.88. The van der Waals surface area contributed by atoms with Crippen LogP contribution >= 0.6 is 0 Å². The molecule has 1 N–H and O–H groups in total. The molecule has 0 atom stereocenters. The van der Waals surface area contributed by atoms with E-state index in [1.807, 2.05) is 4.90 Å². The van der Waals surface area contributed by atoms with Gasteiger partial charge in [0.15, 0.2) is 0 Å². The van der Waals surface area contributed by atoms with Gasteiger partial charge >= 0.3 is 0 Å². The highest BCUT2D eigenvalue weighted by Crippen LogP contribution is 2.27. The van der Waals surface area contributed by atoms with Crippen molar-refractivity contribution in [2.75, 3.05) is 13.1 Å². The average Bonchev–Trinajstić information content (AvgIpc) is 2.84. The first kappa shape index (κ1) is 16.1. The average molecular weight is 312 g/mol. The molecule has 3 rings (SSSR count). The van der Waals surface area contributed by atoms with Crippen molar-refractivity contribution in [3.63, 3.8) is 0 Å². The third-order valence-electron chi connectivity index (χ3n) is 5.13. The molecule has 1 aromatic heterocycles. The number of hydrogen-bond donors (Lipinski definition) is 1. The Labute approximate surface area is 139 Å². The van der Waals surface area contributed by atoms with E-state index in [9.17, 15) is 4.79 Å². The molecule has 2 aromatic rings. The summed E-state index contributed by atoms with van der Waals surface area (Å²) in [5.74, 6) is 1.70. The molecule has 1 aliphatic rings. The van der Waals surface area contributed by atoms with E-state index < -0.39 is 0 Å². The van der Waals surface area contributed by atoms with Gasteiger partial charge in [-0.1, -0.05) is 25.5 Å². The standard InChI is InChI=1S/C20H28N2O/c1-13(2)11-16-7-9-22(10-8-16)20(23)19-15(4)17-12-14(3)5-6-18(17)21-19/h5-6,12-13,16,21H,7-11H2,1-4H3. The highest BCUT2D eigenvalue weighted by atomic mass is 16.2. The fourth-order valence-corrected chi connectivity index (χ4v) is 3.85.